The Kier molecular flexibility index (Phi) is 3.75. The summed E-state index contributed by atoms with van der Waals surface area (Å²) in [4.78, 5) is 10.7. The Morgan fingerprint density at radius 3 is 2.33 bits per heavy atom. The summed E-state index contributed by atoms with van der Waals surface area (Å²) >= 11 is 0. The van der Waals surface area contributed by atoms with E-state index < -0.39 is 21.8 Å². The van der Waals surface area contributed by atoms with E-state index in [-0.39, 0.29) is 6.61 Å². The topological polar surface area (TPSA) is 69.7 Å². The van der Waals surface area contributed by atoms with E-state index >= 15 is 0 Å². The fraction of sp³-hybridized carbons (Fsp3) is 0.500. The molecule has 12 heavy (non-hydrogen) atoms. The molecule has 70 valence electrons. The molecule has 0 fully saturated rings. The minimum atomic E-state index is -3.69. The standard InChI is InChI=1S/C6H10O5S/c1-4-10-6(7)5(2)11-12(3,8)9/h2,4H2,1,3H3. The third-order valence-corrected chi connectivity index (χ3v) is 1.26. The Bertz CT molecular complexity index is 276. The smallest absolute Gasteiger partial charge is 0.374 e. The van der Waals surface area contributed by atoms with Gasteiger partial charge >= 0.3 is 16.1 Å². The number of carbonyl (C=O) groups is 1. The van der Waals surface area contributed by atoms with Crippen LogP contribution in [0.2, 0.25) is 0 Å². The van der Waals surface area contributed by atoms with E-state index in [0.29, 0.717) is 0 Å². The number of rotatable bonds is 4. The molecule has 0 bridgehead atoms. The molecule has 0 aliphatic heterocycles. The highest BCUT2D eigenvalue weighted by molar-refractivity contribution is 7.86. The monoisotopic (exact) mass is 194 g/mol. The zero-order chi connectivity index (χ0) is 9.78. The van der Waals surface area contributed by atoms with Crippen LogP contribution in [0.1, 0.15) is 6.92 Å². The minimum Gasteiger partial charge on any atom is -0.460 e. The molecule has 0 spiro atoms. The molecule has 0 rings (SSSR count). The number of hydrogen-bond acceptors (Lipinski definition) is 5. The van der Waals surface area contributed by atoms with E-state index in [1.54, 1.807) is 6.92 Å². The Morgan fingerprint density at radius 1 is 1.50 bits per heavy atom. The van der Waals surface area contributed by atoms with Crippen molar-refractivity contribution in [1.82, 2.24) is 0 Å². The molecule has 0 radical (unpaired) electrons. The maximum Gasteiger partial charge on any atom is 0.374 e. The third kappa shape index (κ3) is 4.73. The van der Waals surface area contributed by atoms with Crippen molar-refractivity contribution in [3.63, 3.8) is 0 Å². The Labute approximate surface area is 71.1 Å². The second-order valence-corrected chi connectivity index (χ2v) is 3.51. The first kappa shape index (κ1) is 11.0. The highest BCUT2D eigenvalue weighted by Gasteiger charge is 2.14. The summed E-state index contributed by atoms with van der Waals surface area (Å²) in [5, 5.41) is 0. The van der Waals surface area contributed by atoms with E-state index in [1.165, 1.54) is 0 Å². The normalized spacial score (nSPS) is 10.5. The predicted molar refractivity (Wildman–Crippen MR) is 41.7 cm³/mol. The molecule has 0 aromatic rings. The van der Waals surface area contributed by atoms with Crippen molar-refractivity contribution >= 4 is 16.1 Å². The van der Waals surface area contributed by atoms with Crippen LogP contribution in [0.4, 0.5) is 0 Å². The fourth-order valence-electron chi connectivity index (χ4n) is 0.428. The largest absolute Gasteiger partial charge is 0.460 e. The lowest BCUT2D eigenvalue weighted by atomic mass is 10.6. The van der Waals surface area contributed by atoms with Crippen molar-refractivity contribution in [2.24, 2.45) is 0 Å². The summed E-state index contributed by atoms with van der Waals surface area (Å²) in [7, 11) is -3.69. The first-order chi connectivity index (χ1) is 5.37. The molecule has 0 unspecified atom stereocenters. The lowest BCUT2D eigenvalue weighted by Gasteiger charge is -2.04. The highest BCUT2D eigenvalue weighted by atomic mass is 32.2. The maximum atomic E-state index is 10.7. The number of esters is 1. The SMILES string of the molecule is C=C(OS(C)(=O)=O)C(=O)OCC. The van der Waals surface area contributed by atoms with Gasteiger partial charge in [0, 0.05) is 0 Å². The summed E-state index contributed by atoms with van der Waals surface area (Å²) in [5.74, 6) is -1.40. The van der Waals surface area contributed by atoms with Crippen molar-refractivity contribution in [1.29, 1.82) is 0 Å². The van der Waals surface area contributed by atoms with Crippen LogP contribution in [0.5, 0.6) is 0 Å². The molecular weight excluding hydrogens is 184 g/mol. The average molecular weight is 194 g/mol. The van der Waals surface area contributed by atoms with Gasteiger partial charge in [-0.2, -0.15) is 8.42 Å². The van der Waals surface area contributed by atoms with Gasteiger partial charge in [-0.1, -0.05) is 0 Å². The van der Waals surface area contributed by atoms with Crippen molar-refractivity contribution in [3.8, 4) is 0 Å². The molecule has 0 aromatic heterocycles. The van der Waals surface area contributed by atoms with Gasteiger partial charge in [-0.15, -0.1) is 0 Å². The molecule has 0 N–H and O–H groups in total. The van der Waals surface area contributed by atoms with Crippen LogP contribution in [0.25, 0.3) is 0 Å². The minimum absolute atomic E-state index is 0.144. The Balaban J connectivity index is 4.15. The van der Waals surface area contributed by atoms with Crippen LogP contribution < -0.4 is 0 Å². The van der Waals surface area contributed by atoms with Gasteiger partial charge in [-0.05, 0) is 13.5 Å². The summed E-state index contributed by atoms with van der Waals surface area (Å²) in [6.45, 7) is 4.82. The second kappa shape index (κ2) is 4.10. The van der Waals surface area contributed by atoms with Crippen LogP contribution in [0.15, 0.2) is 12.3 Å². The van der Waals surface area contributed by atoms with E-state index in [4.69, 9.17) is 0 Å². The number of carbonyl (C=O) groups excluding carboxylic acids is 1. The van der Waals surface area contributed by atoms with E-state index in [0.717, 1.165) is 6.26 Å². The average Bonchev–Trinajstić information content (AvgIpc) is 1.84. The van der Waals surface area contributed by atoms with Crippen LogP contribution in [0.3, 0.4) is 0 Å². The predicted octanol–water partition coefficient (Wildman–Crippen LogP) is 0.0394. The molecular formula is C6H10O5S. The van der Waals surface area contributed by atoms with Gasteiger partial charge in [-0.3, -0.25) is 0 Å². The summed E-state index contributed by atoms with van der Waals surface area (Å²) in [5.41, 5.74) is 0. The maximum absolute atomic E-state index is 10.7. The fourth-order valence-corrected chi connectivity index (χ4v) is 0.862. The zero-order valence-electron chi connectivity index (χ0n) is 6.86. The van der Waals surface area contributed by atoms with Gasteiger partial charge in [0.1, 0.15) is 0 Å². The van der Waals surface area contributed by atoms with Gasteiger partial charge in [0.2, 0.25) is 5.76 Å². The number of ether oxygens (including phenoxy) is 1. The molecule has 0 aromatic carbocycles. The molecule has 0 amide bonds. The molecule has 0 atom stereocenters. The van der Waals surface area contributed by atoms with Crippen molar-refractivity contribution in [2.45, 2.75) is 6.92 Å². The summed E-state index contributed by atoms with van der Waals surface area (Å²) in [6, 6.07) is 0. The quantitative estimate of drug-likeness (QED) is 0.273. The van der Waals surface area contributed by atoms with Crippen LogP contribution in [0, 0.1) is 0 Å². The lowest BCUT2D eigenvalue weighted by Crippen LogP contribution is -2.12. The third-order valence-electron chi connectivity index (χ3n) is 0.755. The molecule has 0 saturated heterocycles. The van der Waals surface area contributed by atoms with E-state index in [9.17, 15) is 13.2 Å². The van der Waals surface area contributed by atoms with Gasteiger partial charge in [0.25, 0.3) is 0 Å². The Morgan fingerprint density at radius 2 is 2.00 bits per heavy atom. The summed E-state index contributed by atoms with van der Waals surface area (Å²) < 4.78 is 29.5. The molecule has 0 heterocycles. The van der Waals surface area contributed by atoms with Crippen molar-refractivity contribution in [2.75, 3.05) is 12.9 Å². The highest BCUT2D eigenvalue weighted by Crippen LogP contribution is 2.01. The Hall–Kier alpha value is -1.04. The van der Waals surface area contributed by atoms with E-state index in [2.05, 4.69) is 15.5 Å². The van der Waals surface area contributed by atoms with Crippen molar-refractivity contribution in [3.05, 3.63) is 12.3 Å². The molecule has 0 saturated carbocycles. The summed E-state index contributed by atoms with van der Waals surface area (Å²) in [6.07, 6.45) is 0.817. The number of hydrogen-bond donors (Lipinski definition) is 0. The van der Waals surface area contributed by atoms with Crippen molar-refractivity contribution < 1.29 is 22.1 Å². The van der Waals surface area contributed by atoms with Gasteiger partial charge in [0.15, 0.2) is 0 Å². The van der Waals surface area contributed by atoms with Gasteiger partial charge in [0.05, 0.1) is 12.9 Å². The van der Waals surface area contributed by atoms with E-state index in [1.807, 2.05) is 0 Å². The lowest BCUT2D eigenvalue weighted by molar-refractivity contribution is -0.140. The second-order valence-electron chi connectivity index (χ2n) is 1.93. The first-order valence-corrected chi connectivity index (χ1v) is 4.94. The molecule has 0 aliphatic carbocycles. The molecule has 5 nitrogen and oxygen atoms in total. The first-order valence-electron chi connectivity index (χ1n) is 3.12. The molecule has 6 heteroatoms. The van der Waals surface area contributed by atoms with Gasteiger partial charge in [-0.25, -0.2) is 4.79 Å². The van der Waals surface area contributed by atoms with Gasteiger partial charge < -0.3 is 8.92 Å². The van der Waals surface area contributed by atoms with Crippen LogP contribution in [-0.2, 0) is 23.8 Å². The van der Waals surface area contributed by atoms with Crippen LogP contribution >= 0.6 is 0 Å². The zero-order valence-corrected chi connectivity index (χ0v) is 7.68. The van der Waals surface area contributed by atoms with Crippen LogP contribution in [-0.4, -0.2) is 27.2 Å². The molecule has 0 aliphatic rings.